The van der Waals surface area contributed by atoms with Gasteiger partial charge in [-0.15, -0.1) is 0 Å². The zero-order valence-electron chi connectivity index (χ0n) is 18.6. The van der Waals surface area contributed by atoms with Crippen molar-refractivity contribution in [3.63, 3.8) is 0 Å². The molecule has 0 amide bonds. The van der Waals surface area contributed by atoms with Gasteiger partial charge in [-0.2, -0.15) is 0 Å². The van der Waals surface area contributed by atoms with E-state index in [2.05, 4.69) is 46.9 Å². The number of nitrogens with zero attached hydrogens (tertiary/aromatic N) is 1. The summed E-state index contributed by atoms with van der Waals surface area (Å²) in [6.07, 6.45) is 0.713. The lowest BCUT2D eigenvalue weighted by molar-refractivity contribution is 0.532. The largest absolute Gasteiger partial charge is 0.370 e. The number of nitrogens with one attached hydrogen (secondary N) is 1. The van der Waals surface area contributed by atoms with E-state index in [0.717, 1.165) is 28.9 Å². The number of fused-ring (bicyclic) bond motifs is 1. The van der Waals surface area contributed by atoms with Crippen LogP contribution in [0.4, 0.5) is 5.69 Å². The van der Waals surface area contributed by atoms with Crippen LogP contribution in [0.2, 0.25) is 0 Å². The van der Waals surface area contributed by atoms with Crippen LogP contribution >= 0.6 is 0 Å². The van der Waals surface area contributed by atoms with Crippen molar-refractivity contribution in [1.82, 2.24) is 4.72 Å². The van der Waals surface area contributed by atoms with Gasteiger partial charge in [-0.3, -0.25) is 0 Å². The molecule has 3 rings (SSSR count). The van der Waals surface area contributed by atoms with Gasteiger partial charge in [0, 0.05) is 30.2 Å². The lowest BCUT2D eigenvalue weighted by atomic mass is 10.1. The van der Waals surface area contributed by atoms with E-state index >= 15 is 0 Å². The molecule has 0 aliphatic heterocycles. The molecule has 0 saturated heterocycles. The van der Waals surface area contributed by atoms with Gasteiger partial charge in [-0.05, 0) is 56.7 Å². The van der Waals surface area contributed by atoms with Crippen molar-refractivity contribution < 1.29 is 8.42 Å². The van der Waals surface area contributed by atoms with Crippen LogP contribution in [0.25, 0.3) is 10.8 Å². The second kappa shape index (κ2) is 9.19. The molecule has 0 fully saturated rings. The van der Waals surface area contributed by atoms with Gasteiger partial charge < -0.3 is 4.90 Å². The molecule has 5 heteroatoms. The minimum atomic E-state index is -3.60. The summed E-state index contributed by atoms with van der Waals surface area (Å²) in [4.78, 5) is 2.66. The molecule has 0 unspecified atom stereocenters. The molecule has 0 spiro atoms. The van der Waals surface area contributed by atoms with E-state index in [-0.39, 0.29) is 6.04 Å². The van der Waals surface area contributed by atoms with Gasteiger partial charge in [0.25, 0.3) is 0 Å². The first-order valence-electron chi connectivity index (χ1n) is 10.6. The van der Waals surface area contributed by atoms with E-state index in [1.165, 1.54) is 10.8 Å². The summed E-state index contributed by atoms with van der Waals surface area (Å²) in [7, 11) is -3.60. The van der Waals surface area contributed by atoms with Crippen LogP contribution < -0.4 is 9.62 Å². The molecule has 0 aromatic heterocycles. The number of sulfonamides is 1. The fraction of sp³-hybridized carbons (Fsp3) is 0.360. The van der Waals surface area contributed by atoms with Crippen LogP contribution in [-0.4, -0.2) is 27.5 Å². The summed E-state index contributed by atoms with van der Waals surface area (Å²) < 4.78 is 29.5. The predicted molar refractivity (Wildman–Crippen MR) is 127 cm³/mol. The summed E-state index contributed by atoms with van der Waals surface area (Å²) in [6, 6.07) is 18.3. The summed E-state index contributed by atoms with van der Waals surface area (Å²) in [5.74, 6) is 0. The van der Waals surface area contributed by atoms with E-state index in [1.807, 2.05) is 52.0 Å². The Bertz CT molecular complexity index is 1110. The van der Waals surface area contributed by atoms with Crippen molar-refractivity contribution in [3.8, 4) is 0 Å². The Labute approximate surface area is 181 Å². The van der Waals surface area contributed by atoms with Crippen molar-refractivity contribution in [3.05, 3.63) is 71.3 Å². The minimum absolute atomic E-state index is 0.186. The van der Waals surface area contributed by atoms with Crippen molar-refractivity contribution in [2.75, 3.05) is 18.0 Å². The van der Waals surface area contributed by atoms with Crippen LogP contribution in [0.1, 0.15) is 37.0 Å². The van der Waals surface area contributed by atoms with Gasteiger partial charge in [-0.25, -0.2) is 13.1 Å². The van der Waals surface area contributed by atoms with E-state index in [0.29, 0.717) is 17.9 Å². The third-order valence-electron chi connectivity index (χ3n) is 5.62. The zero-order valence-corrected chi connectivity index (χ0v) is 19.4. The summed E-state index contributed by atoms with van der Waals surface area (Å²) in [5.41, 5.74) is 3.78. The molecular formula is C25H32N2O2S. The zero-order chi connectivity index (χ0) is 21.9. The third-order valence-corrected chi connectivity index (χ3v) is 7.44. The number of anilines is 1. The first kappa shape index (κ1) is 22.3. The van der Waals surface area contributed by atoms with Crippen molar-refractivity contribution in [2.45, 2.75) is 52.0 Å². The lowest BCUT2D eigenvalue weighted by Gasteiger charge is -2.29. The highest BCUT2D eigenvalue weighted by molar-refractivity contribution is 7.89. The Kier molecular flexibility index (Phi) is 6.84. The molecule has 30 heavy (non-hydrogen) atoms. The van der Waals surface area contributed by atoms with Crippen LogP contribution in [0.3, 0.4) is 0 Å². The van der Waals surface area contributed by atoms with Crippen molar-refractivity contribution in [2.24, 2.45) is 0 Å². The van der Waals surface area contributed by atoms with E-state index in [4.69, 9.17) is 0 Å². The van der Waals surface area contributed by atoms with Gasteiger partial charge in [0.2, 0.25) is 10.0 Å². The molecule has 160 valence electrons. The fourth-order valence-corrected chi connectivity index (χ4v) is 6.03. The van der Waals surface area contributed by atoms with Crippen LogP contribution in [-0.2, 0) is 10.0 Å². The smallest absolute Gasteiger partial charge is 0.241 e. The normalized spacial score (nSPS) is 12.8. The standard InChI is InChI=1S/C25H32N2O2S/c1-6-22(26-30(28,29)25-19(4)15-18(3)16-20(25)5)17-27(7-2)24-14-10-12-21-11-8-9-13-23(21)24/h8-16,22,26H,6-7,17H2,1-5H3/t22-/m0/s1. The molecule has 4 nitrogen and oxygen atoms in total. The Hall–Kier alpha value is -2.37. The number of rotatable bonds is 8. The number of likely N-dealkylation sites (N-methyl/N-ethyl adjacent to an activating group) is 1. The second-order valence-corrected chi connectivity index (χ2v) is 9.64. The highest BCUT2D eigenvalue weighted by Crippen LogP contribution is 2.27. The molecule has 3 aromatic carbocycles. The number of benzene rings is 3. The number of aryl methyl sites for hydroxylation is 3. The molecular weight excluding hydrogens is 392 g/mol. The quantitative estimate of drug-likeness (QED) is 0.530. The first-order chi connectivity index (χ1) is 14.3. The van der Waals surface area contributed by atoms with Crippen molar-refractivity contribution in [1.29, 1.82) is 0 Å². The molecule has 0 aliphatic rings. The van der Waals surface area contributed by atoms with Crippen LogP contribution in [0.5, 0.6) is 0 Å². The molecule has 0 saturated carbocycles. The molecule has 0 bridgehead atoms. The first-order valence-corrected chi connectivity index (χ1v) is 12.1. The number of hydrogen-bond acceptors (Lipinski definition) is 3. The monoisotopic (exact) mass is 424 g/mol. The van der Waals surface area contributed by atoms with Gasteiger partial charge in [0.15, 0.2) is 0 Å². The maximum absolute atomic E-state index is 13.2. The molecule has 0 heterocycles. The number of hydrogen-bond donors (Lipinski definition) is 1. The van der Waals surface area contributed by atoms with Crippen molar-refractivity contribution >= 4 is 26.5 Å². The Morgan fingerprint density at radius 1 is 0.933 bits per heavy atom. The molecule has 1 N–H and O–H groups in total. The van der Waals surface area contributed by atoms with E-state index in [1.54, 1.807) is 0 Å². The van der Waals surface area contributed by atoms with Crippen LogP contribution in [0, 0.1) is 20.8 Å². The van der Waals surface area contributed by atoms with E-state index < -0.39 is 10.0 Å². The Morgan fingerprint density at radius 2 is 1.57 bits per heavy atom. The van der Waals surface area contributed by atoms with Gasteiger partial charge >= 0.3 is 0 Å². The van der Waals surface area contributed by atoms with E-state index in [9.17, 15) is 8.42 Å². The third kappa shape index (κ3) is 4.68. The topological polar surface area (TPSA) is 49.4 Å². The predicted octanol–water partition coefficient (Wildman–Crippen LogP) is 5.35. The summed E-state index contributed by atoms with van der Waals surface area (Å²) in [5, 5.41) is 2.37. The average molecular weight is 425 g/mol. The molecule has 3 aromatic rings. The van der Waals surface area contributed by atoms with Gasteiger partial charge in [0.1, 0.15) is 0 Å². The highest BCUT2D eigenvalue weighted by atomic mass is 32.2. The Morgan fingerprint density at radius 3 is 2.20 bits per heavy atom. The van der Waals surface area contributed by atoms with Gasteiger partial charge in [-0.1, -0.05) is 61.0 Å². The molecule has 0 aliphatic carbocycles. The highest BCUT2D eigenvalue weighted by Gasteiger charge is 2.24. The van der Waals surface area contributed by atoms with Gasteiger partial charge in [0.05, 0.1) is 4.90 Å². The maximum atomic E-state index is 13.2. The minimum Gasteiger partial charge on any atom is -0.370 e. The lowest BCUT2D eigenvalue weighted by Crippen LogP contribution is -2.44. The summed E-state index contributed by atoms with van der Waals surface area (Å²) >= 11 is 0. The van der Waals surface area contributed by atoms with Crippen LogP contribution in [0.15, 0.2) is 59.5 Å². The molecule has 0 radical (unpaired) electrons. The average Bonchev–Trinajstić information content (AvgIpc) is 2.69. The summed E-state index contributed by atoms with van der Waals surface area (Å²) in [6.45, 7) is 11.3. The molecule has 1 atom stereocenters. The fourth-order valence-electron chi connectivity index (χ4n) is 4.27. The SMILES string of the molecule is CC[C@@H](CN(CC)c1cccc2ccccc12)NS(=O)(=O)c1c(C)cc(C)cc1C. The Balaban J connectivity index is 1.89. The maximum Gasteiger partial charge on any atom is 0.241 e. The second-order valence-electron chi connectivity index (χ2n) is 7.99.